The van der Waals surface area contributed by atoms with E-state index < -0.39 is 0 Å². The lowest BCUT2D eigenvalue weighted by atomic mass is 10.1. The molecule has 156 valence electrons. The first kappa shape index (κ1) is 22.2. The number of hydrogen-bond acceptors (Lipinski definition) is 3. The first-order valence-corrected chi connectivity index (χ1v) is 10.6. The van der Waals surface area contributed by atoms with E-state index in [1.807, 2.05) is 17.0 Å². The molecule has 0 unspecified atom stereocenters. The second kappa shape index (κ2) is 12.4. The number of guanidine groups is 1. The maximum absolute atomic E-state index is 11.8. The van der Waals surface area contributed by atoms with Gasteiger partial charge >= 0.3 is 0 Å². The number of nitrogens with zero attached hydrogens (tertiary/aromatic N) is 3. The van der Waals surface area contributed by atoms with Gasteiger partial charge in [-0.25, -0.2) is 0 Å². The van der Waals surface area contributed by atoms with Gasteiger partial charge in [-0.05, 0) is 57.6 Å². The SMILES string of the molecule is CN=C(NCCCCCCCN(C)C)NCc1ccc(N2CCCC2=O)cc1. The van der Waals surface area contributed by atoms with E-state index in [2.05, 4.69) is 46.8 Å². The van der Waals surface area contributed by atoms with Gasteiger partial charge in [-0.1, -0.05) is 31.4 Å². The molecule has 0 atom stereocenters. The Morgan fingerprint density at radius 2 is 1.79 bits per heavy atom. The van der Waals surface area contributed by atoms with Gasteiger partial charge in [0.1, 0.15) is 0 Å². The van der Waals surface area contributed by atoms with Crippen LogP contribution >= 0.6 is 0 Å². The maximum atomic E-state index is 11.8. The van der Waals surface area contributed by atoms with Crippen molar-refractivity contribution in [3.8, 4) is 0 Å². The molecule has 0 radical (unpaired) electrons. The van der Waals surface area contributed by atoms with Gasteiger partial charge in [0, 0.05) is 38.8 Å². The van der Waals surface area contributed by atoms with Crippen LogP contribution in [0.4, 0.5) is 5.69 Å². The zero-order valence-corrected chi connectivity index (χ0v) is 17.8. The molecule has 1 fully saturated rings. The molecule has 0 aliphatic carbocycles. The monoisotopic (exact) mass is 387 g/mol. The van der Waals surface area contributed by atoms with Gasteiger partial charge in [-0.3, -0.25) is 9.79 Å². The van der Waals surface area contributed by atoms with Crippen LogP contribution in [0.2, 0.25) is 0 Å². The summed E-state index contributed by atoms with van der Waals surface area (Å²) in [6, 6.07) is 8.23. The Labute approximate surface area is 170 Å². The van der Waals surface area contributed by atoms with Crippen LogP contribution < -0.4 is 15.5 Å². The van der Waals surface area contributed by atoms with Crippen molar-refractivity contribution in [2.45, 2.75) is 51.5 Å². The summed E-state index contributed by atoms with van der Waals surface area (Å²) >= 11 is 0. The predicted molar refractivity (Wildman–Crippen MR) is 118 cm³/mol. The Bertz CT molecular complexity index is 612. The molecule has 0 saturated carbocycles. The lowest BCUT2D eigenvalue weighted by Crippen LogP contribution is -2.37. The van der Waals surface area contributed by atoms with Crippen molar-refractivity contribution < 1.29 is 4.79 Å². The van der Waals surface area contributed by atoms with Gasteiger partial charge in [0.25, 0.3) is 0 Å². The molecule has 0 bridgehead atoms. The number of benzene rings is 1. The molecule has 1 amide bonds. The van der Waals surface area contributed by atoms with E-state index in [-0.39, 0.29) is 5.91 Å². The average molecular weight is 388 g/mol. The van der Waals surface area contributed by atoms with E-state index in [0.29, 0.717) is 6.42 Å². The molecule has 0 aromatic heterocycles. The number of carbonyl (C=O) groups is 1. The van der Waals surface area contributed by atoms with Crippen molar-refractivity contribution >= 4 is 17.6 Å². The highest BCUT2D eigenvalue weighted by atomic mass is 16.2. The molecule has 1 aliphatic rings. The topological polar surface area (TPSA) is 60.0 Å². The maximum Gasteiger partial charge on any atom is 0.227 e. The zero-order chi connectivity index (χ0) is 20.2. The Balaban J connectivity index is 1.61. The number of anilines is 1. The van der Waals surface area contributed by atoms with Crippen molar-refractivity contribution in [3.05, 3.63) is 29.8 Å². The van der Waals surface area contributed by atoms with Gasteiger partial charge < -0.3 is 20.4 Å². The standard InChI is InChI=1S/C22H37N5O/c1-23-22(24-15-7-5-4-6-8-16-26(2)3)25-18-19-11-13-20(14-12-19)27-17-9-10-21(27)28/h11-14H,4-10,15-18H2,1-3H3,(H2,23,24,25). The number of carbonyl (C=O) groups excluding carboxylic acids is 1. The fraction of sp³-hybridized carbons (Fsp3) is 0.636. The van der Waals surface area contributed by atoms with Crippen LogP contribution in [0.5, 0.6) is 0 Å². The molecule has 6 nitrogen and oxygen atoms in total. The summed E-state index contributed by atoms with van der Waals surface area (Å²) in [6.45, 7) is 3.69. The van der Waals surface area contributed by atoms with Crippen molar-refractivity contribution in [1.29, 1.82) is 0 Å². The van der Waals surface area contributed by atoms with Crippen LogP contribution in [0.1, 0.15) is 50.5 Å². The van der Waals surface area contributed by atoms with Crippen LogP contribution in [-0.4, -0.2) is 57.5 Å². The van der Waals surface area contributed by atoms with E-state index in [9.17, 15) is 4.79 Å². The minimum Gasteiger partial charge on any atom is -0.356 e. The summed E-state index contributed by atoms with van der Waals surface area (Å²) in [7, 11) is 6.06. The molecule has 0 spiro atoms. The molecule has 1 aromatic rings. The third-order valence-electron chi connectivity index (χ3n) is 5.08. The second-order valence-electron chi connectivity index (χ2n) is 7.74. The van der Waals surface area contributed by atoms with E-state index in [1.165, 1.54) is 44.2 Å². The predicted octanol–water partition coefficient (Wildman–Crippen LogP) is 2.99. The van der Waals surface area contributed by atoms with Crippen LogP contribution in [0, 0.1) is 0 Å². The second-order valence-corrected chi connectivity index (χ2v) is 7.74. The lowest BCUT2D eigenvalue weighted by molar-refractivity contribution is -0.117. The van der Waals surface area contributed by atoms with Crippen molar-refractivity contribution in [2.75, 3.05) is 45.7 Å². The third-order valence-corrected chi connectivity index (χ3v) is 5.08. The summed E-state index contributed by atoms with van der Waals surface area (Å²) in [4.78, 5) is 20.2. The highest BCUT2D eigenvalue weighted by Gasteiger charge is 2.21. The molecular formula is C22H37N5O. The van der Waals surface area contributed by atoms with Crippen LogP contribution in [-0.2, 0) is 11.3 Å². The molecule has 6 heteroatoms. The van der Waals surface area contributed by atoms with Crippen molar-refractivity contribution in [2.24, 2.45) is 4.99 Å². The van der Waals surface area contributed by atoms with Gasteiger partial charge in [0.2, 0.25) is 5.91 Å². The van der Waals surface area contributed by atoms with Gasteiger partial charge in [0.05, 0.1) is 0 Å². The summed E-state index contributed by atoms with van der Waals surface area (Å²) in [5.74, 6) is 1.07. The quantitative estimate of drug-likeness (QED) is 0.348. The Hall–Kier alpha value is -2.08. The minimum atomic E-state index is 0.230. The van der Waals surface area contributed by atoms with Crippen LogP contribution in [0.25, 0.3) is 0 Å². The minimum absolute atomic E-state index is 0.230. The number of rotatable bonds is 11. The first-order valence-electron chi connectivity index (χ1n) is 10.6. The van der Waals surface area contributed by atoms with Gasteiger partial charge in [0.15, 0.2) is 5.96 Å². The smallest absolute Gasteiger partial charge is 0.227 e. The molecular weight excluding hydrogens is 350 g/mol. The number of hydrogen-bond donors (Lipinski definition) is 2. The molecule has 1 saturated heterocycles. The molecule has 1 aliphatic heterocycles. The summed E-state index contributed by atoms with van der Waals surface area (Å²) in [5, 5.41) is 6.75. The molecule has 2 rings (SSSR count). The first-order chi connectivity index (χ1) is 13.6. The number of nitrogens with one attached hydrogen (secondary N) is 2. The van der Waals surface area contributed by atoms with E-state index >= 15 is 0 Å². The number of amides is 1. The van der Waals surface area contributed by atoms with E-state index in [0.717, 1.165) is 37.7 Å². The highest BCUT2D eigenvalue weighted by Crippen LogP contribution is 2.21. The number of aliphatic imine (C=N–C) groups is 1. The largest absolute Gasteiger partial charge is 0.356 e. The van der Waals surface area contributed by atoms with Crippen LogP contribution in [0.15, 0.2) is 29.3 Å². The molecule has 2 N–H and O–H groups in total. The fourth-order valence-electron chi connectivity index (χ4n) is 3.41. The Morgan fingerprint density at radius 3 is 2.43 bits per heavy atom. The van der Waals surface area contributed by atoms with E-state index in [4.69, 9.17) is 0 Å². The summed E-state index contributed by atoms with van der Waals surface area (Å²) in [5.41, 5.74) is 2.18. The fourth-order valence-corrected chi connectivity index (χ4v) is 3.41. The van der Waals surface area contributed by atoms with Gasteiger partial charge in [-0.2, -0.15) is 0 Å². The molecule has 1 heterocycles. The van der Waals surface area contributed by atoms with Crippen molar-refractivity contribution in [3.63, 3.8) is 0 Å². The highest BCUT2D eigenvalue weighted by molar-refractivity contribution is 5.95. The molecule has 1 aromatic carbocycles. The normalized spacial score (nSPS) is 14.8. The lowest BCUT2D eigenvalue weighted by Gasteiger charge is -2.16. The Kier molecular flexibility index (Phi) is 9.83. The van der Waals surface area contributed by atoms with E-state index in [1.54, 1.807) is 7.05 Å². The summed E-state index contributed by atoms with van der Waals surface area (Å²) in [6.07, 6.45) is 7.95. The Morgan fingerprint density at radius 1 is 1.07 bits per heavy atom. The van der Waals surface area contributed by atoms with Gasteiger partial charge in [-0.15, -0.1) is 0 Å². The zero-order valence-electron chi connectivity index (χ0n) is 17.8. The average Bonchev–Trinajstić information content (AvgIpc) is 3.12. The van der Waals surface area contributed by atoms with Crippen LogP contribution in [0.3, 0.4) is 0 Å². The third kappa shape index (κ3) is 7.89. The van der Waals surface area contributed by atoms with Crippen molar-refractivity contribution in [1.82, 2.24) is 15.5 Å². The summed E-state index contributed by atoms with van der Waals surface area (Å²) < 4.78 is 0. The molecule has 28 heavy (non-hydrogen) atoms. The number of unbranched alkanes of at least 4 members (excludes halogenated alkanes) is 4.